The molecule has 22 heavy (non-hydrogen) atoms. The van der Waals surface area contributed by atoms with Crippen LogP contribution in [0.2, 0.25) is 0 Å². The lowest BCUT2D eigenvalue weighted by atomic mass is 10.3. The van der Waals surface area contributed by atoms with Gasteiger partial charge in [-0.1, -0.05) is 0 Å². The zero-order chi connectivity index (χ0) is 15.4. The van der Waals surface area contributed by atoms with Crippen LogP contribution in [0.5, 0.6) is 0 Å². The van der Waals surface area contributed by atoms with Gasteiger partial charge in [0.25, 0.3) is 0 Å². The number of hydrogen-bond donors (Lipinski definition) is 0. The van der Waals surface area contributed by atoms with Crippen LogP contribution in [-0.2, 0) is 14.3 Å². The molecule has 0 aliphatic carbocycles. The summed E-state index contributed by atoms with van der Waals surface area (Å²) < 4.78 is 5.20. The Bertz CT molecular complexity index is 525. The number of anilines is 1. The van der Waals surface area contributed by atoms with Gasteiger partial charge < -0.3 is 19.4 Å². The minimum Gasteiger partial charge on any atom is -0.378 e. The average Bonchev–Trinajstić information content (AvgIpc) is 2.62. The van der Waals surface area contributed by atoms with Gasteiger partial charge in [-0.25, -0.2) is 9.97 Å². The second kappa shape index (κ2) is 6.69. The number of rotatable bonds is 1. The predicted octanol–water partition coefficient (Wildman–Crippen LogP) is -1.02. The third-order valence-electron chi connectivity index (χ3n) is 3.88. The largest absolute Gasteiger partial charge is 0.378 e. The topological polar surface area (TPSA) is 78.9 Å². The van der Waals surface area contributed by atoms with Gasteiger partial charge in [-0.3, -0.25) is 9.59 Å². The van der Waals surface area contributed by atoms with Crippen molar-refractivity contribution in [1.82, 2.24) is 19.8 Å². The molecule has 0 radical (unpaired) electrons. The van der Waals surface area contributed by atoms with E-state index in [1.54, 1.807) is 28.3 Å². The first-order valence-electron chi connectivity index (χ1n) is 7.43. The highest BCUT2D eigenvalue weighted by molar-refractivity contribution is 6.34. The normalized spacial score (nSPS) is 19.2. The van der Waals surface area contributed by atoms with E-state index in [0.29, 0.717) is 58.4 Å². The monoisotopic (exact) mass is 305 g/mol. The van der Waals surface area contributed by atoms with Gasteiger partial charge in [0.05, 0.1) is 13.2 Å². The van der Waals surface area contributed by atoms with Crippen molar-refractivity contribution in [2.24, 2.45) is 0 Å². The van der Waals surface area contributed by atoms with Gasteiger partial charge in [0.15, 0.2) is 0 Å². The zero-order valence-corrected chi connectivity index (χ0v) is 12.3. The molecule has 0 saturated carbocycles. The quantitative estimate of drug-likeness (QED) is 0.618. The van der Waals surface area contributed by atoms with Gasteiger partial charge in [0, 0.05) is 51.7 Å². The molecule has 2 aliphatic rings. The molecule has 3 rings (SSSR count). The Morgan fingerprint density at radius 1 is 0.864 bits per heavy atom. The number of aromatic nitrogens is 2. The van der Waals surface area contributed by atoms with E-state index in [9.17, 15) is 9.59 Å². The lowest BCUT2D eigenvalue weighted by Gasteiger charge is -2.35. The van der Waals surface area contributed by atoms with Crippen LogP contribution >= 0.6 is 0 Å². The zero-order valence-electron chi connectivity index (χ0n) is 12.3. The minimum absolute atomic E-state index is 0.421. The number of nitrogens with zero attached hydrogens (tertiary/aromatic N) is 5. The first-order valence-corrected chi connectivity index (χ1v) is 7.43. The molecular formula is C14H19N5O3. The van der Waals surface area contributed by atoms with E-state index in [2.05, 4.69) is 9.97 Å². The van der Waals surface area contributed by atoms with Crippen LogP contribution < -0.4 is 4.90 Å². The number of amides is 2. The van der Waals surface area contributed by atoms with Gasteiger partial charge in [-0.15, -0.1) is 0 Å². The molecule has 0 spiro atoms. The summed E-state index contributed by atoms with van der Waals surface area (Å²) in [4.78, 5) is 38.1. The first kappa shape index (κ1) is 14.7. The summed E-state index contributed by atoms with van der Waals surface area (Å²) in [6, 6.07) is 1.77. The predicted molar refractivity (Wildman–Crippen MR) is 78.2 cm³/mol. The molecule has 3 heterocycles. The number of piperazine rings is 1. The maximum absolute atomic E-state index is 12.3. The van der Waals surface area contributed by atoms with Crippen LogP contribution in [-0.4, -0.2) is 84.1 Å². The summed E-state index contributed by atoms with van der Waals surface area (Å²) in [7, 11) is 0. The molecule has 0 unspecified atom stereocenters. The molecule has 118 valence electrons. The Kier molecular flexibility index (Phi) is 4.47. The molecule has 0 atom stereocenters. The number of morpholine rings is 1. The van der Waals surface area contributed by atoms with Gasteiger partial charge in [0.1, 0.15) is 0 Å². The fraction of sp³-hybridized carbons (Fsp3) is 0.571. The smallest absolute Gasteiger partial charge is 0.312 e. The Labute approximate surface area is 128 Å². The molecule has 0 aromatic carbocycles. The third kappa shape index (κ3) is 3.16. The Hall–Kier alpha value is -2.22. The van der Waals surface area contributed by atoms with Crippen molar-refractivity contribution in [3.63, 3.8) is 0 Å². The van der Waals surface area contributed by atoms with Gasteiger partial charge in [-0.2, -0.15) is 0 Å². The molecule has 1 aromatic rings. The van der Waals surface area contributed by atoms with Crippen molar-refractivity contribution in [3.8, 4) is 0 Å². The van der Waals surface area contributed by atoms with Crippen molar-refractivity contribution in [2.75, 3.05) is 57.4 Å². The third-order valence-corrected chi connectivity index (χ3v) is 3.88. The average molecular weight is 305 g/mol. The van der Waals surface area contributed by atoms with Crippen LogP contribution in [0.15, 0.2) is 18.5 Å². The summed E-state index contributed by atoms with van der Waals surface area (Å²) in [5.74, 6) is -0.183. The molecular weight excluding hydrogens is 286 g/mol. The fourth-order valence-corrected chi connectivity index (χ4v) is 2.60. The number of carbonyl (C=O) groups excluding carboxylic acids is 2. The molecule has 0 bridgehead atoms. The van der Waals surface area contributed by atoms with Gasteiger partial charge >= 0.3 is 11.8 Å². The maximum atomic E-state index is 12.3. The van der Waals surface area contributed by atoms with Gasteiger partial charge in [-0.05, 0) is 6.07 Å². The van der Waals surface area contributed by atoms with E-state index in [-0.39, 0.29) is 0 Å². The molecule has 2 aliphatic heterocycles. The molecule has 2 saturated heterocycles. The molecule has 8 heteroatoms. The molecule has 2 amide bonds. The van der Waals surface area contributed by atoms with Crippen molar-refractivity contribution in [2.45, 2.75) is 0 Å². The van der Waals surface area contributed by atoms with Crippen LogP contribution in [0.4, 0.5) is 5.95 Å². The van der Waals surface area contributed by atoms with Crippen molar-refractivity contribution in [3.05, 3.63) is 18.5 Å². The first-order chi connectivity index (χ1) is 10.8. The van der Waals surface area contributed by atoms with E-state index in [1.807, 2.05) is 4.90 Å². The molecule has 1 aromatic heterocycles. The van der Waals surface area contributed by atoms with Crippen molar-refractivity contribution < 1.29 is 14.3 Å². The van der Waals surface area contributed by atoms with Crippen LogP contribution in [0.25, 0.3) is 0 Å². The summed E-state index contributed by atoms with van der Waals surface area (Å²) in [6.45, 7) is 4.25. The molecule has 0 N–H and O–H groups in total. The van der Waals surface area contributed by atoms with Crippen LogP contribution in [0, 0.1) is 0 Å². The number of carbonyl (C=O) groups is 2. The Morgan fingerprint density at radius 2 is 1.41 bits per heavy atom. The highest BCUT2D eigenvalue weighted by Gasteiger charge is 2.30. The van der Waals surface area contributed by atoms with Gasteiger partial charge in [0.2, 0.25) is 5.95 Å². The summed E-state index contributed by atoms with van der Waals surface area (Å²) in [6.07, 6.45) is 3.39. The number of hydrogen-bond acceptors (Lipinski definition) is 6. The summed E-state index contributed by atoms with van der Waals surface area (Å²) in [5.41, 5.74) is 0. The Morgan fingerprint density at radius 3 is 2.00 bits per heavy atom. The molecule has 2 fully saturated rings. The van der Waals surface area contributed by atoms with E-state index in [1.165, 1.54) is 0 Å². The van der Waals surface area contributed by atoms with Crippen LogP contribution in [0.1, 0.15) is 0 Å². The maximum Gasteiger partial charge on any atom is 0.312 e. The van der Waals surface area contributed by atoms with E-state index >= 15 is 0 Å². The van der Waals surface area contributed by atoms with E-state index < -0.39 is 11.8 Å². The minimum atomic E-state index is -0.423. The second-order valence-corrected chi connectivity index (χ2v) is 5.23. The molecule has 8 nitrogen and oxygen atoms in total. The standard InChI is InChI=1S/C14H19N5O3/c20-12(13(21)18-8-10-22-11-9-18)17-4-6-19(7-5-17)14-15-2-1-3-16-14/h1-3H,4-11H2. The second-order valence-electron chi connectivity index (χ2n) is 5.23. The summed E-state index contributed by atoms with van der Waals surface area (Å²) in [5, 5.41) is 0. The highest BCUT2D eigenvalue weighted by Crippen LogP contribution is 2.10. The van der Waals surface area contributed by atoms with Crippen molar-refractivity contribution >= 4 is 17.8 Å². The summed E-state index contributed by atoms with van der Waals surface area (Å²) >= 11 is 0. The lowest BCUT2D eigenvalue weighted by Crippen LogP contribution is -2.55. The highest BCUT2D eigenvalue weighted by atomic mass is 16.5. The lowest BCUT2D eigenvalue weighted by molar-refractivity contribution is -0.154. The van der Waals surface area contributed by atoms with Crippen molar-refractivity contribution in [1.29, 1.82) is 0 Å². The fourth-order valence-electron chi connectivity index (χ4n) is 2.60. The SMILES string of the molecule is O=C(C(=O)N1CCN(c2ncccn2)CC1)N1CCOCC1. The van der Waals surface area contributed by atoms with Crippen LogP contribution in [0.3, 0.4) is 0 Å². The Balaban J connectivity index is 1.54. The number of ether oxygens (including phenoxy) is 1. The van der Waals surface area contributed by atoms with E-state index in [4.69, 9.17) is 4.74 Å². The van der Waals surface area contributed by atoms with E-state index in [0.717, 1.165) is 0 Å².